The van der Waals surface area contributed by atoms with E-state index in [-0.39, 0.29) is 0 Å². The number of nitrogens with zero attached hydrogens (tertiary/aromatic N) is 3. The molecule has 19 heavy (non-hydrogen) atoms. The lowest BCUT2D eigenvalue weighted by Gasteiger charge is -2.37. The molecular weight excluding hydrogens is 258 g/mol. The summed E-state index contributed by atoms with van der Waals surface area (Å²) in [5.74, 6) is 0.744. The lowest BCUT2D eigenvalue weighted by Crippen LogP contribution is -2.40. The van der Waals surface area contributed by atoms with Gasteiger partial charge in [-0.3, -0.25) is 4.90 Å². The first-order valence-corrected chi connectivity index (χ1v) is 7.63. The second-order valence-electron chi connectivity index (χ2n) is 5.30. The third-order valence-corrected chi connectivity index (χ3v) is 4.22. The van der Waals surface area contributed by atoms with Crippen LogP contribution in [-0.4, -0.2) is 32.8 Å². The summed E-state index contributed by atoms with van der Waals surface area (Å²) in [6.45, 7) is 2.03. The summed E-state index contributed by atoms with van der Waals surface area (Å²) in [5.41, 5.74) is 2.19. The van der Waals surface area contributed by atoms with Gasteiger partial charge in [0.2, 0.25) is 0 Å². The molecule has 0 aliphatic heterocycles. The summed E-state index contributed by atoms with van der Waals surface area (Å²) in [4.78, 5) is 7.24. The van der Waals surface area contributed by atoms with E-state index >= 15 is 0 Å². The molecule has 3 nitrogen and oxygen atoms in total. The Morgan fingerprint density at radius 2 is 2.26 bits per heavy atom. The van der Waals surface area contributed by atoms with Gasteiger partial charge in [0.15, 0.2) is 0 Å². The van der Waals surface area contributed by atoms with E-state index in [4.69, 9.17) is 11.6 Å². The molecule has 1 aliphatic carbocycles. The Bertz CT molecular complexity index is 500. The zero-order chi connectivity index (χ0) is 13.1. The van der Waals surface area contributed by atoms with Crippen molar-refractivity contribution in [2.75, 3.05) is 12.4 Å². The zero-order valence-electron chi connectivity index (χ0n) is 11.1. The van der Waals surface area contributed by atoms with Crippen LogP contribution in [-0.2, 0) is 6.54 Å². The van der Waals surface area contributed by atoms with Crippen molar-refractivity contribution in [2.45, 2.75) is 38.3 Å². The number of aromatic nitrogens is 2. The van der Waals surface area contributed by atoms with Gasteiger partial charge in [-0.1, -0.05) is 12.5 Å². The second kappa shape index (κ2) is 5.93. The van der Waals surface area contributed by atoms with Crippen LogP contribution in [0.25, 0.3) is 5.65 Å². The van der Waals surface area contributed by atoms with Gasteiger partial charge in [-0.2, -0.15) is 0 Å². The van der Waals surface area contributed by atoms with E-state index in [0.717, 1.165) is 42.8 Å². The summed E-state index contributed by atoms with van der Waals surface area (Å²) in [6, 6.07) is 6.86. The van der Waals surface area contributed by atoms with Crippen molar-refractivity contribution in [3.63, 3.8) is 0 Å². The molecule has 2 aromatic heterocycles. The average Bonchev–Trinajstić information content (AvgIpc) is 2.76. The van der Waals surface area contributed by atoms with E-state index in [9.17, 15) is 0 Å². The van der Waals surface area contributed by atoms with Crippen LogP contribution in [0.3, 0.4) is 0 Å². The molecule has 102 valence electrons. The quantitative estimate of drug-likeness (QED) is 0.755. The van der Waals surface area contributed by atoms with Gasteiger partial charge >= 0.3 is 0 Å². The number of halogens is 1. The lowest BCUT2D eigenvalue weighted by atomic mass is 9.91. The number of hydrogen-bond donors (Lipinski definition) is 0. The van der Waals surface area contributed by atoms with E-state index in [1.807, 2.05) is 12.1 Å². The zero-order valence-corrected chi connectivity index (χ0v) is 11.9. The van der Waals surface area contributed by atoms with E-state index in [0.29, 0.717) is 0 Å². The van der Waals surface area contributed by atoms with Crippen molar-refractivity contribution in [3.8, 4) is 0 Å². The Kier molecular flexibility index (Phi) is 4.04. The van der Waals surface area contributed by atoms with E-state index in [1.165, 1.54) is 19.3 Å². The highest BCUT2D eigenvalue weighted by molar-refractivity contribution is 6.17. The van der Waals surface area contributed by atoms with Crippen LogP contribution in [0.4, 0.5) is 0 Å². The first-order chi connectivity index (χ1) is 9.36. The van der Waals surface area contributed by atoms with Gasteiger partial charge in [-0.05, 0) is 37.9 Å². The molecular formula is C15H20ClN3. The molecule has 0 amide bonds. The van der Waals surface area contributed by atoms with Gasteiger partial charge in [0.25, 0.3) is 0 Å². The molecule has 0 radical (unpaired) electrons. The molecule has 0 spiro atoms. The maximum absolute atomic E-state index is 5.83. The van der Waals surface area contributed by atoms with Crippen LogP contribution in [0.1, 0.15) is 31.4 Å². The van der Waals surface area contributed by atoms with Gasteiger partial charge < -0.3 is 4.40 Å². The maximum Gasteiger partial charge on any atom is 0.137 e. The summed E-state index contributed by atoms with van der Waals surface area (Å²) < 4.78 is 2.09. The van der Waals surface area contributed by atoms with Gasteiger partial charge in [0, 0.05) is 30.9 Å². The SMILES string of the molecule is ClCCCN(Cc1cn2ccccc2n1)C1CCC1. The predicted molar refractivity (Wildman–Crippen MR) is 78.6 cm³/mol. The fourth-order valence-corrected chi connectivity index (χ4v) is 2.80. The van der Waals surface area contributed by atoms with Crippen LogP contribution >= 0.6 is 11.6 Å². The molecule has 1 saturated carbocycles. The molecule has 0 aromatic carbocycles. The molecule has 3 rings (SSSR count). The third kappa shape index (κ3) is 2.93. The lowest BCUT2D eigenvalue weighted by molar-refractivity contribution is 0.118. The van der Waals surface area contributed by atoms with Gasteiger partial charge in [-0.25, -0.2) is 4.98 Å². The highest BCUT2D eigenvalue weighted by Crippen LogP contribution is 2.26. The standard InChI is InChI=1S/C15H20ClN3/c16-8-4-10-18(14-5-3-6-14)11-13-12-19-9-2-1-7-15(19)17-13/h1-2,7,9,12,14H,3-6,8,10-11H2. The summed E-state index contributed by atoms with van der Waals surface area (Å²) in [7, 11) is 0. The maximum atomic E-state index is 5.83. The average molecular weight is 278 g/mol. The molecule has 1 aliphatic rings. The predicted octanol–water partition coefficient (Wildman–Crippen LogP) is 3.32. The smallest absolute Gasteiger partial charge is 0.137 e. The Morgan fingerprint density at radius 3 is 2.95 bits per heavy atom. The minimum atomic E-state index is 0.744. The van der Waals surface area contributed by atoms with Gasteiger partial charge in [0.05, 0.1) is 5.69 Å². The topological polar surface area (TPSA) is 20.5 Å². The van der Waals surface area contributed by atoms with Crippen LogP contribution in [0.15, 0.2) is 30.6 Å². The molecule has 0 atom stereocenters. The number of alkyl halides is 1. The Labute approximate surface area is 119 Å². The number of rotatable bonds is 6. The number of fused-ring (bicyclic) bond motifs is 1. The molecule has 4 heteroatoms. The van der Waals surface area contributed by atoms with Crippen molar-refractivity contribution in [3.05, 3.63) is 36.3 Å². The highest BCUT2D eigenvalue weighted by atomic mass is 35.5. The summed E-state index contributed by atoms with van der Waals surface area (Å²) in [6.07, 6.45) is 9.28. The first-order valence-electron chi connectivity index (χ1n) is 7.09. The van der Waals surface area contributed by atoms with Crippen molar-refractivity contribution < 1.29 is 0 Å². The first kappa shape index (κ1) is 12.9. The largest absolute Gasteiger partial charge is 0.307 e. The van der Waals surface area contributed by atoms with Crippen LogP contribution in [0, 0.1) is 0 Å². The van der Waals surface area contributed by atoms with Crippen LogP contribution in [0.5, 0.6) is 0 Å². The van der Waals surface area contributed by atoms with Crippen LogP contribution < -0.4 is 0 Å². The van der Waals surface area contributed by atoms with Crippen molar-refractivity contribution in [1.29, 1.82) is 0 Å². The van der Waals surface area contributed by atoms with E-state index in [2.05, 4.69) is 32.7 Å². The Balaban J connectivity index is 1.72. The molecule has 0 bridgehead atoms. The van der Waals surface area contributed by atoms with Crippen molar-refractivity contribution >= 4 is 17.2 Å². The normalized spacial score (nSPS) is 16.1. The van der Waals surface area contributed by atoms with E-state index < -0.39 is 0 Å². The molecule has 0 saturated heterocycles. The Morgan fingerprint density at radius 1 is 1.37 bits per heavy atom. The fourth-order valence-electron chi connectivity index (χ4n) is 2.68. The highest BCUT2D eigenvalue weighted by Gasteiger charge is 2.25. The minimum absolute atomic E-state index is 0.744. The van der Waals surface area contributed by atoms with Crippen LogP contribution in [0.2, 0.25) is 0 Å². The number of imidazole rings is 1. The van der Waals surface area contributed by atoms with Crippen molar-refractivity contribution in [1.82, 2.24) is 14.3 Å². The van der Waals surface area contributed by atoms with E-state index in [1.54, 1.807) is 0 Å². The number of hydrogen-bond acceptors (Lipinski definition) is 2. The fraction of sp³-hybridized carbons (Fsp3) is 0.533. The number of pyridine rings is 1. The molecule has 0 unspecified atom stereocenters. The molecule has 2 heterocycles. The molecule has 0 N–H and O–H groups in total. The minimum Gasteiger partial charge on any atom is -0.307 e. The summed E-state index contributed by atoms with van der Waals surface area (Å²) >= 11 is 5.83. The second-order valence-corrected chi connectivity index (χ2v) is 5.67. The van der Waals surface area contributed by atoms with Gasteiger partial charge in [-0.15, -0.1) is 11.6 Å². The monoisotopic (exact) mass is 277 g/mol. The Hall–Kier alpha value is -1.06. The van der Waals surface area contributed by atoms with Gasteiger partial charge in [0.1, 0.15) is 5.65 Å². The third-order valence-electron chi connectivity index (χ3n) is 3.95. The summed E-state index contributed by atoms with van der Waals surface area (Å²) in [5, 5.41) is 0. The van der Waals surface area contributed by atoms with Crippen molar-refractivity contribution in [2.24, 2.45) is 0 Å². The molecule has 2 aromatic rings. The molecule has 1 fully saturated rings.